The second-order valence-corrected chi connectivity index (χ2v) is 10.5. The molecule has 3 heterocycles. The molecule has 0 aromatic heterocycles. The molecule has 3 fully saturated rings. The van der Waals surface area contributed by atoms with E-state index in [4.69, 9.17) is 28.4 Å². The standard InChI is InChI=1S/C25H38O17/c26-6-13-15(30)17(32)18(33)22(40-13)38-7-14-16(31)20(42-24-21(35)25(36,8-27)9-39-24)19(34)23(41-14)37-4-3-10-1-2-11(28)12(29)5-10/h1-2,5,13-24,26-36H,3-4,6-9H2/t13-,14-,15-,16-,17-,18+,19-,20+,21+,22-,23-,24-,25+/m1/s1. The first-order chi connectivity index (χ1) is 19.9. The van der Waals surface area contributed by atoms with Crippen LogP contribution in [0.15, 0.2) is 18.2 Å². The summed E-state index contributed by atoms with van der Waals surface area (Å²) in [6, 6.07) is 4.12. The first-order valence-electron chi connectivity index (χ1n) is 13.2. The van der Waals surface area contributed by atoms with Crippen LogP contribution in [-0.4, -0.2) is 169 Å². The molecule has 0 aliphatic carbocycles. The van der Waals surface area contributed by atoms with Gasteiger partial charge in [-0.1, -0.05) is 6.07 Å². The summed E-state index contributed by atoms with van der Waals surface area (Å²) in [5, 5.41) is 111. The topological polar surface area (TPSA) is 278 Å². The molecular formula is C25H38O17. The van der Waals surface area contributed by atoms with Gasteiger partial charge in [-0.05, 0) is 24.1 Å². The molecule has 4 rings (SSSR count). The fourth-order valence-electron chi connectivity index (χ4n) is 4.81. The number of aliphatic hydroxyl groups is 9. The highest BCUT2D eigenvalue weighted by Crippen LogP contribution is 2.32. The number of ether oxygens (including phenoxy) is 6. The number of rotatable bonds is 11. The van der Waals surface area contributed by atoms with Crippen molar-refractivity contribution in [2.24, 2.45) is 0 Å². The Hall–Kier alpha value is -1.78. The van der Waals surface area contributed by atoms with Gasteiger partial charge in [-0.15, -0.1) is 0 Å². The van der Waals surface area contributed by atoms with Crippen molar-refractivity contribution < 1.29 is 84.6 Å². The molecule has 240 valence electrons. The van der Waals surface area contributed by atoms with E-state index in [1.165, 1.54) is 18.2 Å². The average molecular weight is 611 g/mol. The molecule has 13 atom stereocenters. The Morgan fingerprint density at radius 2 is 1.48 bits per heavy atom. The summed E-state index contributed by atoms with van der Waals surface area (Å²) in [4.78, 5) is 0. The van der Waals surface area contributed by atoms with Gasteiger partial charge in [0, 0.05) is 0 Å². The third-order valence-electron chi connectivity index (χ3n) is 7.50. The van der Waals surface area contributed by atoms with Crippen molar-refractivity contribution in [3.8, 4) is 11.5 Å². The number of phenolic OH excluding ortho intramolecular Hbond substituents is 2. The van der Waals surface area contributed by atoms with E-state index in [0.29, 0.717) is 5.56 Å². The van der Waals surface area contributed by atoms with Crippen molar-refractivity contribution in [3.05, 3.63) is 23.8 Å². The predicted octanol–water partition coefficient (Wildman–Crippen LogP) is -5.25. The van der Waals surface area contributed by atoms with Crippen molar-refractivity contribution in [3.63, 3.8) is 0 Å². The Labute approximate surface area is 239 Å². The smallest absolute Gasteiger partial charge is 0.187 e. The zero-order valence-corrected chi connectivity index (χ0v) is 22.3. The van der Waals surface area contributed by atoms with E-state index in [0.717, 1.165) is 0 Å². The van der Waals surface area contributed by atoms with Gasteiger partial charge in [-0.25, -0.2) is 0 Å². The fourth-order valence-corrected chi connectivity index (χ4v) is 4.81. The summed E-state index contributed by atoms with van der Waals surface area (Å²) in [5.41, 5.74) is -1.49. The highest BCUT2D eigenvalue weighted by Gasteiger charge is 2.53. The second kappa shape index (κ2) is 13.9. The number of aromatic hydroxyl groups is 2. The minimum atomic E-state index is -2.05. The van der Waals surface area contributed by atoms with Crippen LogP contribution in [0, 0.1) is 0 Å². The molecule has 3 aliphatic heterocycles. The van der Waals surface area contributed by atoms with Crippen LogP contribution in [0.3, 0.4) is 0 Å². The lowest BCUT2D eigenvalue weighted by atomic mass is 9.97. The number of phenols is 2. The lowest BCUT2D eigenvalue weighted by Crippen LogP contribution is -2.63. The normalized spacial score (nSPS) is 42.6. The van der Waals surface area contributed by atoms with E-state index in [2.05, 4.69) is 0 Å². The van der Waals surface area contributed by atoms with Crippen molar-refractivity contribution in [2.45, 2.75) is 85.8 Å². The Kier molecular flexibility index (Phi) is 11.0. The van der Waals surface area contributed by atoms with Gasteiger partial charge < -0.3 is 84.6 Å². The summed E-state index contributed by atoms with van der Waals surface area (Å²) in [6.45, 7) is -2.72. The molecule has 1 aromatic carbocycles. The zero-order valence-electron chi connectivity index (χ0n) is 22.3. The van der Waals surface area contributed by atoms with Crippen LogP contribution in [0.1, 0.15) is 5.56 Å². The summed E-state index contributed by atoms with van der Waals surface area (Å²) in [5.74, 6) is -0.659. The molecule has 17 nitrogen and oxygen atoms in total. The maximum atomic E-state index is 11.0. The van der Waals surface area contributed by atoms with Gasteiger partial charge in [-0.2, -0.15) is 0 Å². The van der Waals surface area contributed by atoms with E-state index in [-0.39, 0.29) is 24.5 Å². The average Bonchev–Trinajstić information content (AvgIpc) is 3.26. The second-order valence-electron chi connectivity index (χ2n) is 10.5. The largest absolute Gasteiger partial charge is 0.504 e. The molecule has 0 amide bonds. The van der Waals surface area contributed by atoms with Crippen LogP contribution >= 0.6 is 0 Å². The Balaban J connectivity index is 1.46. The Bertz CT molecular complexity index is 1010. The van der Waals surface area contributed by atoms with Crippen LogP contribution in [-0.2, 0) is 34.8 Å². The van der Waals surface area contributed by atoms with E-state index in [9.17, 15) is 56.2 Å². The zero-order chi connectivity index (χ0) is 30.8. The number of aliphatic hydroxyl groups excluding tert-OH is 8. The van der Waals surface area contributed by atoms with Gasteiger partial charge in [0.25, 0.3) is 0 Å². The van der Waals surface area contributed by atoms with Crippen LogP contribution in [0.4, 0.5) is 0 Å². The number of hydrogen-bond donors (Lipinski definition) is 11. The molecular weight excluding hydrogens is 572 g/mol. The van der Waals surface area contributed by atoms with E-state index >= 15 is 0 Å². The van der Waals surface area contributed by atoms with E-state index in [1.54, 1.807) is 0 Å². The molecule has 0 bridgehead atoms. The number of benzene rings is 1. The quantitative estimate of drug-likeness (QED) is 0.104. The third-order valence-corrected chi connectivity index (χ3v) is 7.50. The minimum absolute atomic E-state index is 0.0954. The maximum absolute atomic E-state index is 11.0. The summed E-state index contributed by atoms with van der Waals surface area (Å²) >= 11 is 0. The van der Waals surface area contributed by atoms with E-state index < -0.39 is 106 Å². The van der Waals surface area contributed by atoms with Gasteiger partial charge in [0.2, 0.25) is 0 Å². The van der Waals surface area contributed by atoms with Crippen molar-refractivity contribution in [1.29, 1.82) is 0 Å². The monoisotopic (exact) mass is 610 g/mol. The highest BCUT2D eigenvalue weighted by atomic mass is 16.7. The summed E-state index contributed by atoms with van der Waals surface area (Å²) in [7, 11) is 0. The van der Waals surface area contributed by atoms with Crippen molar-refractivity contribution in [1.82, 2.24) is 0 Å². The first kappa shape index (κ1) is 33.1. The summed E-state index contributed by atoms with van der Waals surface area (Å²) in [6.07, 6.45) is -18.9. The molecule has 11 N–H and O–H groups in total. The molecule has 42 heavy (non-hydrogen) atoms. The molecule has 0 radical (unpaired) electrons. The maximum Gasteiger partial charge on any atom is 0.187 e. The predicted molar refractivity (Wildman–Crippen MR) is 132 cm³/mol. The summed E-state index contributed by atoms with van der Waals surface area (Å²) < 4.78 is 33.0. The van der Waals surface area contributed by atoms with Gasteiger partial charge in [0.05, 0.1) is 33.0 Å². The first-order valence-corrected chi connectivity index (χ1v) is 13.2. The molecule has 0 spiro atoms. The molecule has 17 heteroatoms. The third kappa shape index (κ3) is 6.96. The van der Waals surface area contributed by atoms with Crippen molar-refractivity contribution in [2.75, 3.05) is 33.0 Å². The van der Waals surface area contributed by atoms with Gasteiger partial charge >= 0.3 is 0 Å². The fraction of sp³-hybridized carbons (Fsp3) is 0.760. The molecule has 3 aliphatic rings. The highest BCUT2D eigenvalue weighted by molar-refractivity contribution is 5.40. The molecule has 0 unspecified atom stereocenters. The SMILES string of the molecule is OC[C@H]1O[C@@H](OC[C@H]2O[C@@H](OCCc3ccc(O)c(O)c3)[C@H](O)[C@@H](O[C@H]3OC[C@@](O)(CO)[C@H]3O)[C@@H]2O)[C@@H](O)[C@H](O)[C@@H]1O. The van der Waals surface area contributed by atoms with Gasteiger partial charge in [-0.3, -0.25) is 0 Å². The molecule has 0 saturated carbocycles. The van der Waals surface area contributed by atoms with Crippen LogP contribution in [0.2, 0.25) is 0 Å². The van der Waals surface area contributed by atoms with Crippen LogP contribution < -0.4 is 0 Å². The van der Waals surface area contributed by atoms with Crippen LogP contribution in [0.5, 0.6) is 11.5 Å². The minimum Gasteiger partial charge on any atom is -0.504 e. The molecule has 1 aromatic rings. The lowest BCUT2D eigenvalue weighted by Gasteiger charge is -2.44. The number of hydrogen-bond acceptors (Lipinski definition) is 17. The Morgan fingerprint density at radius 1 is 0.786 bits per heavy atom. The van der Waals surface area contributed by atoms with Crippen LogP contribution in [0.25, 0.3) is 0 Å². The van der Waals surface area contributed by atoms with E-state index in [1.807, 2.05) is 0 Å². The van der Waals surface area contributed by atoms with Gasteiger partial charge in [0.1, 0.15) is 60.5 Å². The van der Waals surface area contributed by atoms with Crippen molar-refractivity contribution >= 4 is 0 Å². The Morgan fingerprint density at radius 3 is 2.12 bits per heavy atom. The van der Waals surface area contributed by atoms with Gasteiger partial charge in [0.15, 0.2) is 30.4 Å². The molecule has 3 saturated heterocycles. The lowest BCUT2D eigenvalue weighted by molar-refractivity contribution is -0.345.